The maximum absolute atomic E-state index is 14.5. The third kappa shape index (κ3) is 7.08. The fourth-order valence-corrected chi connectivity index (χ4v) is 5.56. The molecule has 3 aromatic carbocycles. The number of nitrogens with one attached hydrogen (secondary N) is 3. The molecule has 0 aliphatic carbocycles. The molecule has 0 fully saturated rings. The molecule has 3 aromatic heterocycles. The summed E-state index contributed by atoms with van der Waals surface area (Å²) < 4.78 is 13.7. The lowest BCUT2D eigenvalue weighted by Crippen LogP contribution is -2.33. The minimum absolute atomic E-state index is 0.0100. The van der Waals surface area contributed by atoms with Gasteiger partial charge in [0.1, 0.15) is 16.9 Å². The summed E-state index contributed by atoms with van der Waals surface area (Å²) in [5.74, 6) is 0.209. The number of nitrogens with zero attached hydrogens (tertiary/aromatic N) is 4. The van der Waals surface area contributed by atoms with Crippen molar-refractivity contribution in [3.8, 4) is 11.4 Å². The van der Waals surface area contributed by atoms with E-state index in [1.54, 1.807) is 51.6 Å². The highest BCUT2D eigenvalue weighted by atomic mass is 16.6. The molecule has 0 saturated heterocycles. The average molecular weight is 660 g/mol. The van der Waals surface area contributed by atoms with E-state index in [-0.39, 0.29) is 22.6 Å². The van der Waals surface area contributed by atoms with E-state index >= 15 is 0 Å². The van der Waals surface area contributed by atoms with Crippen LogP contribution in [0.5, 0.6) is 5.75 Å². The maximum Gasteiger partial charge on any atom is 0.413 e. The SMILES string of the molecule is COc1ccc(CNc2cccc3cc([C@H](C)NC(=O)c4c(NC(=O)OC(C)(C)C)nn5cccnc45)n(-c4ccccc4)c(=O)c23)cc1. The molecule has 0 aliphatic heterocycles. The Morgan fingerprint density at radius 2 is 1.71 bits per heavy atom. The monoisotopic (exact) mass is 659 g/mol. The zero-order valence-electron chi connectivity index (χ0n) is 27.9. The first-order valence-corrected chi connectivity index (χ1v) is 15.8. The van der Waals surface area contributed by atoms with Gasteiger partial charge in [-0.1, -0.05) is 42.5 Å². The third-order valence-corrected chi connectivity index (χ3v) is 7.76. The Bertz CT molecular complexity index is 2200. The van der Waals surface area contributed by atoms with Gasteiger partial charge in [-0.25, -0.2) is 14.3 Å². The van der Waals surface area contributed by atoms with Crippen LogP contribution in [0.3, 0.4) is 0 Å². The Kier molecular flexibility index (Phi) is 9.04. The average Bonchev–Trinajstić information content (AvgIpc) is 3.44. The fourth-order valence-electron chi connectivity index (χ4n) is 5.56. The molecule has 6 aromatic rings. The van der Waals surface area contributed by atoms with Crippen LogP contribution in [0.25, 0.3) is 22.1 Å². The van der Waals surface area contributed by atoms with Gasteiger partial charge >= 0.3 is 6.09 Å². The molecular formula is C37H37N7O5. The molecule has 250 valence electrons. The van der Waals surface area contributed by atoms with Crippen LogP contribution >= 0.6 is 0 Å². The minimum Gasteiger partial charge on any atom is -0.497 e. The van der Waals surface area contributed by atoms with Gasteiger partial charge in [-0.15, -0.1) is 5.10 Å². The second-order valence-electron chi connectivity index (χ2n) is 12.5. The van der Waals surface area contributed by atoms with E-state index in [9.17, 15) is 14.4 Å². The van der Waals surface area contributed by atoms with Crippen molar-refractivity contribution in [1.29, 1.82) is 0 Å². The lowest BCUT2D eigenvalue weighted by Gasteiger charge is -2.22. The number of hydrogen-bond donors (Lipinski definition) is 3. The summed E-state index contributed by atoms with van der Waals surface area (Å²) in [7, 11) is 1.62. The molecule has 3 N–H and O–H groups in total. The number of hydrogen-bond acceptors (Lipinski definition) is 8. The Hall–Kier alpha value is -6.17. The highest BCUT2D eigenvalue weighted by Crippen LogP contribution is 2.28. The van der Waals surface area contributed by atoms with Gasteiger partial charge in [-0.3, -0.25) is 19.5 Å². The van der Waals surface area contributed by atoms with Crippen molar-refractivity contribution in [3.05, 3.63) is 124 Å². The van der Waals surface area contributed by atoms with Crippen LogP contribution in [0.2, 0.25) is 0 Å². The molecule has 2 amide bonds. The molecule has 3 heterocycles. The molecular weight excluding hydrogens is 622 g/mol. The van der Waals surface area contributed by atoms with Crippen molar-refractivity contribution >= 4 is 39.9 Å². The van der Waals surface area contributed by atoms with Gasteiger partial charge in [0.05, 0.1) is 18.5 Å². The van der Waals surface area contributed by atoms with Crippen LogP contribution in [0.4, 0.5) is 16.3 Å². The Morgan fingerprint density at radius 1 is 0.959 bits per heavy atom. The number of anilines is 2. The molecule has 12 nitrogen and oxygen atoms in total. The van der Waals surface area contributed by atoms with Gasteiger partial charge < -0.3 is 20.1 Å². The third-order valence-electron chi connectivity index (χ3n) is 7.76. The number of methoxy groups -OCH3 is 1. The van der Waals surface area contributed by atoms with E-state index in [0.29, 0.717) is 34.4 Å². The number of aromatic nitrogens is 4. The number of carbonyl (C=O) groups excluding carboxylic acids is 2. The van der Waals surface area contributed by atoms with Crippen LogP contribution in [0.1, 0.15) is 55.4 Å². The van der Waals surface area contributed by atoms with Crippen molar-refractivity contribution < 1.29 is 19.1 Å². The van der Waals surface area contributed by atoms with Gasteiger partial charge in [-0.05, 0) is 81.1 Å². The Balaban J connectivity index is 1.37. The number of fused-ring (bicyclic) bond motifs is 2. The van der Waals surface area contributed by atoms with Gasteiger partial charge in [0.2, 0.25) is 0 Å². The molecule has 0 spiro atoms. The summed E-state index contributed by atoms with van der Waals surface area (Å²) >= 11 is 0. The highest BCUT2D eigenvalue weighted by molar-refractivity contribution is 6.07. The zero-order chi connectivity index (χ0) is 34.7. The predicted octanol–water partition coefficient (Wildman–Crippen LogP) is 6.49. The van der Waals surface area contributed by atoms with Gasteiger partial charge in [0.25, 0.3) is 11.5 Å². The van der Waals surface area contributed by atoms with Crippen molar-refractivity contribution in [3.63, 3.8) is 0 Å². The Morgan fingerprint density at radius 3 is 2.43 bits per heavy atom. The summed E-state index contributed by atoms with van der Waals surface area (Å²) in [6.07, 6.45) is 2.40. The lowest BCUT2D eigenvalue weighted by molar-refractivity contribution is 0.0635. The van der Waals surface area contributed by atoms with Crippen molar-refractivity contribution in [2.45, 2.75) is 45.9 Å². The summed E-state index contributed by atoms with van der Waals surface area (Å²) in [5.41, 5.74) is 2.18. The van der Waals surface area contributed by atoms with E-state index in [0.717, 1.165) is 11.3 Å². The maximum atomic E-state index is 14.5. The number of amides is 2. The van der Waals surface area contributed by atoms with E-state index in [2.05, 4.69) is 26.0 Å². The van der Waals surface area contributed by atoms with Crippen LogP contribution in [0.15, 0.2) is 102 Å². The largest absolute Gasteiger partial charge is 0.497 e. The molecule has 0 unspecified atom stereocenters. The first-order chi connectivity index (χ1) is 23.5. The fraction of sp³-hybridized carbons (Fsp3) is 0.216. The molecule has 12 heteroatoms. The first kappa shape index (κ1) is 32.8. The molecule has 0 aliphatic rings. The number of para-hydroxylation sites is 1. The lowest BCUT2D eigenvalue weighted by atomic mass is 10.1. The smallest absolute Gasteiger partial charge is 0.413 e. The van der Waals surface area contributed by atoms with Crippen LogP contribution in [-0.4, -0.2) is 43.9 Å². The molecule has 0 radical (unpaired) electrons. The Labute approximate surface area is 282 Å². The summed E-state index contributed by atoms with van der Waals surface area (Å²) in [4.78, 5) is 45.5. The van der Waals surface area contributed by atoms with Crippen molar-refractivity contribution in [2.75, 3.05) is 17.7 Å². The first-order valence-electron chi connectivity index (χ1n) is 15.8. The normalized spacial score (nSPS) is 12.0. The predicted molar refractivity (Wildman–Crippen MR) is 189 cm³/mol. The number of benzene rings is 3. The topological polar surface area (TPSA) is 141 Å². The summed E-state index contributed by atoms with van der Waals surface area (Å²) in [6, 6.07) is 25.5. The zero-order valence-corrected chi connectivity index (χ0v) is 27.9. The summed E-state index contributed by atoms with van der Waals surface area (Å²) in [5, 5.41) is 14.6. The second-order valence-corrected chi connectivity index (χ2v) is 12.5. The van der Waals surface area contributed by atoms with Crippen molar-refractivity contribution in [1.82, 2.24) is 24.5 Å². The highest BCUT2D eigenvalue weighted by Gasteiger charge is 2.27. The van der Waals surface area contributed by atoms with E-state index in [4.69, 9.17) is 9.47 Å². The van der Waals surface area contributed by atoms with Crippen LogP contribution < -0.4 is 26.2 Å². The minimum atomic E-state index is -0.763. The van der Waals surface area contributed by atoms with Crippen molar-refractivity contribution in [2.24, 2.45) is 0 Å². The molecule has 6 rings (SSSR count). The molecule has 49 heavy (non-hydrogen) atoms. The van der Waals surface area contributed by atoms with Gasteiger partial charge in [-0.2, -0.15) is 0 Å². The van der Waals surface area contributed by atoms with Gasteiger partial charge in [0.15, 0.2) is 11.5 Å². The van der Waals surface area contributed by atoms with E-state index in [1.807, 2.05) is 78.9 Å². The van der Waals surface area contributed by atoms with E-state index < -0.39 is 23.6 Å². The number of rotatable bonds is 9. The molecule has 0 saturated carbocycles. The van der Waals surface area contributed by atoms with Crippen LogP contribution in [0, 0.1) is 0 Å². The molecule has 1 atom stereocenters. The molecule has 0 bridgehead atoms. The van der Waals surface area contributed by atoms with Crippen LogP contribution in [-0.2, 0) is 11.3 Å². The number of pyridine rings is 1. The second kappa shape index (κ2) is 13.5. The number of carbonyl (C=O) groups is 2. The van der Waals surface area contributed by atoms with Gasteiger partial charge in [0, 0.05) is 36.0 Å². The quantitative estimate of drug-likeness (QED) is 0.160. The van der Waals surface area contributed by atoms with E-state index in [1.165, 1.54) is 10.7 Å². The standard InChI is InChI=1S/C37H37N7O5/c1-23(40-34(45)31-32(41-36(47)49-37(2,3)4)42-43-20-10-19-38-33(31)43)29-21-25-11-9-14-28(39-22-24-15-17-27(48-5)18-16-24)30(25)35(46)44(29)26-12-7-6-8-13-26/h6-21,23,39H,22H2,1-5H3,(H,40,45)(H,41,42,47)/t23-/m0/s1. The number of ether oxygens (including phenoxy) is 2. The summed E-state index contributed by atoms with van der Waals surface area (Å²) in [6.45, 7) is 7.51.